The molecule has 0 saturated heterocycles. The normalized spacial score (nSPS) is 11.2. The molecule has 3 aromatic rings. The van der Waals surface area contributed by atoms with Crippen molar-refractivity contribution in [3.05, 3.63) is 53.6 Å². The molecule has 0 radical (unpaired) electrons. The summed E-state index contributed by atoms with van der Waals surface area (Å²) < 4.78 is 32.4. The van der Waals surface area contributed by atoms with Gasteiger partial charge in [0.15, 0.2) is 11.0 Å². The Labute approximate surface area is 165 Å². The summed E-state index contributed by atoms with van der Waals surface area (Å²) in [5.74, 6) is -0.568. The van der Waals surface area contributed by atoms with Gasteiger partial charge in [-0.15, -0.1) is 10.2 Å². The lowest BCUT2D eigenvalue weighted by Gasteiger charge is -2.10. The molecule has 4 nitrogen and oxygen atoms in total. The highest BCUT2D eigenvalue weighted by atomic mass is 32.2. The fourth-order valence-corrected chi connectivity index (χ4v) is 4.09. The standard InChI is InChI=1S/C19H19F2N3OS2/c1-12-6-4-5-7-14(12)17-22-23-19(24(17)2)26-11-13-8-9-16(27-18(20)21)15(10-13)25-3/h4-10,18H,11H2,1-3H3. The SMILES string of the molecule is COc1cc(CSc2nnc(-c3ccccc3C)n2C)ccc1SC(F)F. The van der Waals surface area contributed by atoms with Crippen LogP contribution in [-0.4, -0.2) is 27.6 Å². The molecule has 0 fully saturated rings. The van der Waals surface area contributed by atoms with Crippen molar-refractivity contribution in [2.45, 2.75) is 28.5 Å². The molecule has 0 amide bonds. The average molecular weight is 408 g/mol. The fourth-order valence-electron chi connectivity index (χ4n) is 2.64. The number of halogens is 2. The van der Waals surface area contributed by atoms with Crippen molar-refractivity contribution in [1.29, 1.82) is 0 Å². The van der Waals surface area contributed by atoms with Gasteiger partial charge in [0, 0.05) is 18.4 Å². The first-order valence-corrected chi connectivity index (χ1v) is 10.1. The lowest BCUT2D eigenvalue weighted by Crippen LogP contribution is -1.96. The highest BCUT2D eigenvalue weighted by Crippen LogP contribution is 2.35. The molecule has 0 atom stereocenters. The van der Waals surface area contributed by atoms with Crippen LogP contribution in [0.5, 0.6) is 5.75 Å². The van der Waals surface area contributed by atoms with Crippen molar-refractivity contribution in [3.63, 3.8) is 0 Å². The van der Waals surface area contributed by atoms with E-state index in [1.54, 1.807) is 12.1 Å². The molecule has 1 aromatic heterocycles. The molecule has 0 bridgehead atoms. The minimum atomic E-state index is -2.47. The molecule has 0 unspecified atom stereocenters. The van der Waals surface area contributed by atoms with E-state index < -0.39 is 5.76 Å². The fraction of sp³-hybridized carbons (Fsp3) is 0.263. The van der Waals surface area contributed by atoms with Crippen LogP contribution in [0.15, 0.2) is 52.5 Å². The van der Waals surface area contributed by atoms with Gasteiger partial charge in [0.25, 0.3) is 5.76 Å². The number of benzene rings is 2. The number of ether oxygens (including phenoxy) is 1. The van der Waals surface area contributed by atoms with Crippen LogP contribution in [0.25, 0.3) is 11.4 Å². The number of methoxy groups -OCH3 is 1. The number of thioether (sulfide) groups is 2. The zero-order valence-corrected chi connectivity index (χ0v) is 16.8. The number of alkyl halides is 2. The summed E-state index contributed by atoms with van der Waals surface area (Å²) >= 11 is 2.03. The molecule has 0 N–H and O–H groups in total. The van der Waals surface area contributed by atoms with Crippen molar-refractivity contribution >= 4 is 23.5 Å². The second-order valence-corrected chi connectivity index (χ2v) is 7.81. The molecule has 0 saturated carbocycles. The van der Waals surface area contributed by atoms with Crippen LogP contribution in [-0.2, 0) is 12.8 Å². The predicted molar refractivity (Wildman–Crippen MR) is 106 cm³/mol. The third-order valence-electron chi connectivity index (χ3n) is 4.03. The van der Waals surface area contributed by atoms with Crippen LogP contribution in [0.3, 0.4) is 0 Å². The Kier molecular flexibility index (Phi) is 6.38. The maximum absolute atomic E-state index is 12.6. The summed E-state index contributed by atoms with van der Waals surface area (Å²) in [5, 5.41) is 9.40. The molecule has 0 aliphatic rings. The Morgan fingerprint density at radius 2 is 1.93 bits per heavy atom. The Bertz CT molecular complexity index is 931. The van der Waals surface area contributed by atoms with E-state index in [-0.39, 0.29) is 0 Å². The largest absolute Gasteiger partial charge is 0.496 e. The van der Waals surface area contributed by atoms with Crippen LogP contribution >= 0.6 is 23.5 Å². The highest BCUT2D eigenvalue weighted by Gasteiger charge is 2.14. The van der Waals surface area contributed by atoms with Crippen LogP contribution in [0, 0.1) is 6.92 Å². The second kappa shape index (κ2) is 8.75. The molecule has 27 heavy (non-hydrogen) atoms. The second-order valence-electron chi connectivity index (χ2n) is 5.83. The van der Waals surface area contributed by atoms with Gasteiger partial charge in [0.1, 0.15) is 5.75 Å². The molecular weight excluding hydrogens is 388 g/mol. The number of hydrogen-bond acceptors (Lipinski definition) is 5. The van der Waals surface area contributed by atoms with E-state index in [0.29, 0.717) is 28.2 Å². The summed E-state index contributed by atoms with van der Waals surface area (Å²) in [6.45, 7) is 2.04. The van der Waals surface area contributed by atoms with Crippen molar-refractivity contribution in [2.75, 3.05) is 7.11 Å². The van der Waals surface area contributed by atoms with Gasteiger partial charge in [-0.25, -0.2) is 0 Å². The highest BCUT2D eigenvalue weighted by molar-refractivity contribution is 7.99. The molecular formula is C19H19F2N3OS2. The zero-order valence-electron chi connectivity index (χ0n) is 15.1. The molecule has 142 valence electrons. The quantitative estimate of drug-likeness (QED) is 0.490. The molecule has 8 heteroatoms. The first-order valence-electron chi connectivity index (χ1n) is 8.19. The van der Waals surface area contributed by atoms with E-state index >= 15 is 0 Å². The van der Waals surface area contributed by atoms with Crippen LogP contribution in [0.1, 0.15) is 11.1 Å². The Morgan fingerprint density at radius 1 is 1.15 bits per heavy atom. The number of aromatic nitrogens is 3. The van der Waals surface area contributed by atoms with Crippen molar-refractivity contribution in [2.24, 2.45) is 7.05 Å². The van der Waals surface area contributed by atoms with Gasteiger partial charge in [-0.3, -0.25) is 0 Å². The zero-order chi connectivity index (χ0) is 19.4. The van der Waals surface area contributed by atoms with Crippen molar-refractivity contribution in [3.8, 4) is 17.1 Å². The van der Waals surface area contributed by atoms with Crippen LogP contribution in [0.2, 0.25) is 0 Å². The van der Waals surface area contributed by atoms with Crippen molar-refractivity contribution in [1.82, 2.24) is 14.8 Å². The van der Waals surface area contributed by atoms with E-state index in [1.807, 2.05) is 48.9 Å². The predicted octanol–water partition coefficient (Wildman–Crippen LogP) is 5.41. The third-order valence-corrected chi connectivity index (χ3v) is 5.89. The number of aryl methyl sites for hydroxylation is 1. The van der Waals surface area contributed by atoms with E-state index in [1.165, 1.54) is 18.9 Å². The van der Waals surface area contributed by atoms with E-state index in [4.69, 9.17) is 4.74 Å². The summed E-state index contributed by atoms with van der Waals surface area (Å²) in [6, 6.07) is 13.3. The maximum atomic E-state index is 12.6. The number of nitrogens with zero attached hydrogens (tertiary/aromatic N) is 3. The molecule has 3 rings (SSSR count). The first-order chi connectivity index (χ1) is 13.0. The Hall–Kier alpha value is -2.06. The maximum Gasteiger partial charge on any atom is 0.289 e. The average Bonchev–Trinajstić information content (AvgIpc) is 3.01. The Morgan fingerprint density at radius 3 is 2.63 bits per heavy atom. The number of rotatable bonds is 7. The van der Waals surface area contributed by atoms with Gasteiger partial charge < -0.3 is 9.30 Å². The summed E-state index contributed by atoms with van der Waals surface area (Å²) in [5.41, 5.74) is 3.16. The topological polar surface area (TPSA) is 39.9 Å². The molecule has 0 spiro atoms. The molecule has 2 aromatic carbocycles. The lowest BCUT2D eigenvalue weighted by molar-refractivity contribution is 0.251. The Balaban J connectivity index is 1.75. The van der Waals surface area contributed by atoms with Crippen LogP contribution in [0.4, 0.5) is 8.78 Å². The van der Waals surface area contributed by atoms with E-state index in [2.05, 4.69) is 10.2 Å². The smallest absolute Gasteiger partial charge is 0.289 e. The number of hydrogen-bond donors (Lipinski definition) is 0. The minimum Gasteiger partial charge on any atom is -0.496 e. The summed E-state index contributed by atoms with van der Waals surface area (Å²) in [4.78, 5) is 0.432. The minimum absolute atomic E-state index is 0.432. The summed E-state index contributed by atoms with van der Waals surface area (Å²) in [6.07, 6.45) is 0. The van der Waals surface area contributed by atoms with Gasteiger partial charge in [-0.1, -0.05) is 53.9 Å². The van der Waals surface area contributed by atoms with Gasteiger partial charge in [0.05, 0.1) is 12.0 Å². The molecule has 0 aliphatic heterocycles. The van der Waals surface area contributed by atoms with Gasteiger partial charge in [0.2, 0.25) is 0 Å². The van der Waals surface area contributed by atoms with Gasteiger partial charge >= 0.3 is 0 Å². The lowest BCUT2D eigenvalue weighted by atomic mass is 10.1. The molecule has 1 heterocycles. The van der Waals surface area contributed by atoms with Gasteiger partial charge in [-0.05, 0) is 30.2 Å². The first kappa shape index (κ1) is 19.7. The van der Waals surface area contributed by atoms with Crippen molar-refractivity contribution < 1.29 is 13.5 Å². The van der Waals surface area contributed by atoms with Gasteiger partial charge in [-0.2, -0.15) is 8.78 Å². The monoisotopic (exact) mass is 407 g/mol. The summed E-state index contributed by atoms with van der Waals surface area (Å²) in [7, 11) is 3.42. The third kappa shape index (κ3) is 4.62. The van der Waals surface area contributed by atoms with E-state index in [0.717, 1.165) is 27.7 Å². The molecule has 0 aliphatic carbocycles. The van der Waals surface area contributed by atoms with E-state index in [9.17, 15) is 8.78 Å². The van der Waals surface area contributed by atoms with Crippen LogP contribution < -0.4 is 4.74 Å².